The van der Waals surface area contributed by atoms with Crippen molar-refractivity contribution in [1.29, 1.82) is 0 Å². The predicted octanol–water partition coefficient (Wildman–Crippen LogP) is 3.10. The fourth-order valence-corrected chi connectivity index (χ4v) is 4.08. The molecule has 1 aliphatic rings. The first kappa shape index (κ1) is 26.1. The van der Waals surface area contributed by atoms with Crippen LogP contribution in [0.4, 0.5) is 0 Å². The topological polar surface area (TPSA) is 98.7 Å². The van der Waals surface area contributed by atoms with Gasteiger partial charge in [0.2, 0.25) is 11.8 Å². The molecule has 0 radical (unpaired) electrons. The fourth-order valence-electron chi connectivity index (χ4n) is 4.08. The lowest BCUT2D eigenvalue weighted by Crippen LogP contribution is -2.62. The second-order valence-corrected chi connectivity index (χ2v) is 8.48. The van der Waals surface area contributed by atoms with E-state index in [-0.39, 0.29) is 29.9 Å². The van der Waals surface area contributed by atoms with Crippen molar-refractivity contribution in [3.05, 3.63) is 11.6 Å². The average molecular weight is 424 g/mol. The number of carbonyl (C=O) groups is 3. The SMILES string of the molecule is CCCNC(CC)(CC)C(=O)NC(C(=O)N(C)C/C=C(\C)C(=O)O)C1CCCCC1. The molecule has 1 rings (SSSR count). The Morgan fingerprint density at radius 3 is 2.23 bits per heavy atom. The Morgan fingerprint density at radius 2 is 1.73 bits per heavy atom. The standard InChI is InChI=1S/C23H41N3O4/c1-6-15-24-23(7-2,8-3)22(30)25-19(18-12-10-9-11-13-18)20(27)26(5)16-14-17(4)21(28)29/h14,18-19,24H,6-13,15-16H2,1-5H3,(H,25,30)(H,28,29)/b17-14+. The van der Waals surface area contributed by atoms with Gasteiger partial charge in [-0.05, 0) is 51.5 Å². The highest BCUT2D eigenvalue weighted by atomic mass is 16.4. The molecule has 0 aromatic rings. The van der Waals surface area contributed by atoms with Crippen LogP contribution < -0.4 is 10.6 Å². The van der Waals surface area contributed by atoms with Gasteiger partial charge in [0.25, 0.3) is 0 Å². The van der Waals surface area contributed by atoms with Crippen LogP contribution in [-0.4, -0.2) is 59.5 Å². The molecule has 1 saturated carbocycles. The molecule has 0 bridgehead atoms. The quantitative estimate of drug-likeness (QED) is 0.419. The average Bonchev–Trinajstić information content (AvgIpc) is 2.76. The number of likely N-dealkylation sites (N-methyl/N-ethyl adjacent to an activating group) is 1. The van der Waals surface area contributed by atoms with E-state index in [4.69, 9.17) is 5.11 Å². The third-order valence-electron chi connectivity index (χ3n) is 6.41. The predicted molar refractivity (Wildman–Crippen MR) is 119 cm³/mol. The van der Waals surface area contributed by atoms with Gasteiger partial charge >= 0.3 is 5.97 Å². The van der Waals surface area contributed by atoms with Crippen molar-refractivity contribution in [2.75, 3.05) is 20.1 Å². The van der Waals surface area contributed by atoms with Gasteiger partial charge in [0, 0.05) is 19.2 Å². The molecule has 3 N–H and O–H groups in total. The van der Waals surface area contributed by atoms with E-state index in [2.05, 4.69) is 17.6 Å². The molecule has 1 fully saturated rings. The number of aliphatic carboxylic acids is 1. The van der Waals surface area contributed by atoms with Crippen molar-refractivity contribution < 1.29 is 19.5 Å². The van der Waals surface area contributed by atoms with Crippen LogP contribution in [0, 0.1) is 5.92 Å². The monoisotopic (exact) mass is 423 g/mol. The highest BCUT2D eigenvalue weighted by molar-refractivity contribution is 5.92. The number of carboxylic acids is 1. The number of hydrogen-bond acceptors (Lipinski definition) is 4. The zero-order valence-corrected chi connectivity index (χ0v) is 19.4. The molecular weight excluding hydrogens is 382 g/mol. The summed E-state index contributed by atoms with van der Waals surface area (Å²) in [6.45, 7) is 8.52. The lowest BCUT2D eigenvalue weighted by atomic mass is 9.82. The number of amides is 2. The molecule has 1 unspecified atom stereocenters. The summed E-state index contributed by atoms with van der Waals surface area (Å²) in [6, 6.07) is -0.581. The van der Waals surface area contributed by atoms with Crippen LogP contribution in [0.3, 0.4) is 0 Å². The van der Waals surface area contributed by atoms with Crippen molar-refractivity contribution in [1.82, 2.24) is 15.5 Å². The molecule has 30 heavy (non-hydrogen) atoms. The summed E-state index contributed by atoms with van der Waals surface area (Å²) in [7, 11) is 1.66. The van der Waals surface area contributed by atoms with Gasteiger partial charge in [-0.15, -0.1) is 0 Å². The van der Waals surface area contributed by atoms with E-state index in [0.29, 0.717) is 12.8 Å². The van der Waals surface area contributed by atoms with Gasteiger partial charge in [0.1, 0.15) is 6.04 Å². The number of carboxylic acid groups (broad SMARTS) is 1. The maximum Gasteiger partial charge on any atom is 0.331 e. The first-order chi connectivity index (χ1) is 14.2. The second kappa shape index (κ2) is 12.7. The summed E-state index contributed by atoms with van der Waals surface area (Å²) in [5.41, 5.74) is -0.477. The molecule has 172 valence electrons. The third kappa shape index (κ3) is 7.11. The van der Waals surface area contributed by atoms with Crippen LogP contribution in [0.1, 0.15) is 79.1 Å². The Bertz CT molecular complexity index is 608. The summed E-state index contributed by atoms with van der Waals surface area (Å²) >= 11 is 0. The van der Waals surface area contributed by atoms with Crippen molar-refractivity contribution in [3.63, 3.8) is 0 Å². The largest absolute Gasteiger partial charge is 0.478 e. The Hall–Kier alpha value is -1.89. The van der Waals surface area contributed by atoms with Crippen LogP contribution in [-0.2, 0) is 14.4 Å². The molecule has 0 heterocycles. The molecule has 1 aliphatic carbocycles. The van der Waals surface area contributed by atoms with Crippen molar-refractivity contribution in [2.24, 2.45) is 5.92 Å². The lowest BCUT2D eigenvalue weighted by molar-refractivity contribution is -0.139. The number of hydrogen-bond donors (Lipinski definition) is 3. The summed E-state index contributed by atoms with van der Waals surface area (Å²) in [5, 5.41) is 15.5. The van der Waals surface area contributed by atoms with Crippen LogP contribution >= 0.6 is 0 Å². The minimum absolute atomic E-state index is 0.111. The zero-order chi connectivity index (χ0) is 22.7. The molecular formula is C23H41N3O4. The Labute approximate surface area is 181 Å². The fraction of sp³-hybridized carbons (Fsp3) is 0.783. The molecule has 0 aliphatic heterocycles. The highest BCUT2D eigenvalue weighted by Crippen LogP contribution is 2.28. The van der Waals surface area contributed by atoms with E-state index in [0.717, 1.165) is 45.1 Å². The van der Waals surface area contributed by atoms with Crippen molar-refractivity contribution >= 4 is 17.8 Å². The van der Waals surface area contributed by atoms with E-state index in [9.17, 15) is 14.4 Å². The molecule has 2 amide bonds. The van der Waals surface area contributed by atoms with Gasteiger partial charge in [0.05, 0.1) is 5.54 Å². The van der Waals surface area contributed by atoms with Gasteiger partial charge in [-0.1, -0.05) is 46.1 Å². The van der Waals surface area contributed by atoms with Crippen LogP contribution in [0.2, 0.25) is 0 Å². The minimum atomic E-state index is -0.995. The Balaban J connectivity index is 3.04. The maximum absolute atomic E-state index is 13.3. The first-order valence-electron chi connectivity index (χ1n) is 11.4. The Kier molecular flexibility index (Phi) is 11.1. The number of carbonyl (C=O) groups excluding carboxylic acids is 2. The van der Waals surface area contributed by atoms with E-state index in [1.54, 1.807) is 7.05 Å². The normalized spacial score (nSPS) is 16.8. The third-order valence-corrected chi connectivity index (χ3v) is 6.41. The number of nitrogens with zero attached hydrogens (tertiary/aromatic N) is 1. The number of rotatable bonds is 12. The summed E-state index contributed by atoms with van der Waals surface area (Å²) < 4.78 is 0. The first-order valence-corrected chi connectivity index (χ1v) is 11.4. The second-order valence-electron chi connectivity index (χ2n) is 8.48. The van der Waals surface area contributed by atoms with Gasteiger partial charge < -0.3 is 20.6 Å². The molecule has 7 nitrogen and oxygen atoms in total. The molecule has 0 saturated heterocycles. The molecule has 0 spiro atoms. The van der Waals surface area contributed by atoms with Crippen LogP contribution in [0.5, 0.6) is 0 Å². The highest BCUT2D eigenvalue weighted by Gasteiger charge is 2.39. The molecule has 0 aromatic carbocycles. The van der Waals surface area contributed by atoms with E-state index in [1.807, 2.05) is 13.8 Å². The molecule has 0 aromatic heterocycles. The van der Waals surface area contributed by atoms with Gasteiger partial charge in [0.15, 0.2) is 0 Å². The smallest absolute Gasteiger partial charge is 0.331 e. The lowest BCUT2D eigenvalue weighted by Gasteiger charge is -2.37. The van der Waals surface area contributed by atoms with Crippen LogP contribution in [0.15, 0.2) is 11.6 Å². The maximum atomic E-state index is 13.3. The number of nitrogens with one attached hydrogen (secondary N) is 2. The van der Waals surface area contributed by atoms with Crippen LogP contribution in [0.25, 0.3) is 0 Å². The summed E-state index contributed by atoms with van der Waals surface area (Å²) in [5.74, 6) is -1.15. The Morgan fingerprint density at radius 1 is 1.13 bits per heavy atom. The van der Waals surface area contributed by atoms with E-state index >= 15 is 0 Å². The zero-order valence-electron chi connectivity index (χ0n) is 19.4. The van der Waals surface area contributed by atoms with E-state index in [1.165, 1.54) is 17.9 Å². The summed E-state index contributed by atoms with van der Waals surface area (Å²) in [4.78, 5) is 39.2. The van der Waals surface area contributed by atoms with Gasteiger partial charge in [-0.25, -0.2) is 4.79 Å². The summed E-state index contributed by atoms with van der Waals surface area (Å²) in [6.07, 6.45) is 8.88. The minimum Gasteiger partial charge on any atom is -0.478 e. The van der Waals surface area contributed by atoms with Crippen molar-refractivity contribution in [2.45, 2.75) is 90.6 Å². The molecule has 7 heteroatoms. The van der Waals surface area contributed by atoms with Gasteiger partial charge in [-0.3, -0.25) is 9.59 Å². The van der Waals surface area contributed by atoms with Crippen molar-refractivity contribution in [3.8, 4) is 0 Å². The van der Waals surface area contributed by atoms with E-state index < -0.39 is 17.6 Å². The van der Waals surface area contributed by atoms with Gasteiger partial charge in [-0.2, -0.15) is 0 Å². The molecule has 1 atom stereocenters.